The third-order valence-corrected chi connectivity index (χ3v) is 5.60. The Hall–Kier alpha value is -1.11. The standard InChI is InChI=1S/C14H18ClNO4S/c1-20-14(17)12-5-3-7-16(9-12)21(18,19)10-11-4-2-6-13(15)8-11/h2,4,6,8,12H,3,5,7,9-10H2,1H3. The van der Waals surface area contributed by atoms with E-state index in [1.54, 1.807) is 24.3 Å². The van der Waals surface area contributed by atoms with Crippen molar-refractivity contribution in [1.29, 1.82) is 0 Å². The van der Waals surface area contributed by atoms with Crippen LogP contribution in [-0.4, -0.2) is 38.9 Å². The zero-order chi connectivity index (χ0) is 15.5. The van der Waals surface area contributed by atoms with Crippen LogP contribution in [0.4, 0.5) is 0 Å². The van der Waals surface area contributed by atoms with E-state index in [1.807, 2.05) is 0 Å². The number of methoxy groups -OCH3 is 1. The number of nitrogens with zero attached hydrogens (tertiary/aromatic N) is 1. The van der Waals surface area contributed by atoms with Gasteiger partial charge in [-0.15, -0.1) is 0 Å². The minimum absolute atomic E-state index is 0.110. The number of halogens is 1. The van der Waals surface area contributed by atoms with Crippen molar-refractivity contribution >= 4 is 27.6 Å². The summed E-state index contributed by atoms with van der Waals surface area (Å²) in [7, 11) is -2.14. The van der Waals surface area contributed by atoms with Crippen LogP contribution in [0, 0.1) is 5.92 Å². The Morgan fingerprint density at radius 2 is 2.24 bits per heavy atom. The predicted molar refractivity (Wildman–Crippen MR) is 80.4 cm³/mol. The summed E-state index contributed by atoms with van der Waals surface area (Å²) in [5.74, 6) is -0.836. The topological polar surface area (TPSA) is 63.7 Å². The first-order chi connectivity index (χ1) is 9.92. The highest BCUT2D eigenvalue weighted by Crippen LogP contribution is 2.23. The van der Waals surface area contributed by atoms with Crippen molar-refractivity contribution in [3.05, 3.63) is 34.9 Å². The number of hydrogen-bond acceptors (Lipinski definition) is 4. The molecule has 1 aliphatic rings. The monoisotopic (exact) mass is 331 g/mol. The van der Waals surface area contributed by atoms with E-state index in [2.05, 4.69) is 0 Å². The quantitative estimate of drug-likeness (QED) is 0.792. The maximum absolute atomic E-state index is 12.5. The number of ether oxygens (including phenoxy) is 1. The third-order valence-electron chi connectivity index (χ3n) is 3.55. The molecule has 0 radical (unpaired) electrons. The van der Waals surface area contributed by atoms with Crippen LogP contribution in [0.15, 0.2) is 24.3 Å². The van der Waals surface area contributed by atoms with E-state index in [0.29, 0.717) is 30.0 Å². The lowest BCUT2D eigenvalue weighted by atomic mass is 10.0. The van der Waals surface area contributed by atoms with Gasteiger partial charge in [-0.3, -0.25) is 4.79 Å². The number of esters is 1. The number of rotatable bonds is 4. The maximum Gasteiger partial charge on any atom is 0.309 e. The van der Waals surface area contributed by atoms with Crippen LogP contribution in [-0.2, 0) is 25.3 Å². The highest BCUT2D eigenvalue weighted by Gasteiger charge is 2.32. The molecular weight excluding hydrogens is 314 g/mol. The lowest BCUT2D eigenvalue weighted by molar-refractivity contribution is -0.146. The fourth-order valence-electron chi connectivity index (χ4n) is 2.48. The van der Waals surface area contributed by atoms with Crippen LogP contribution >= 0.6 is 11.6 Å². The van der Waals surface area contributed by atoms with Crippen LogP contribution in [0.25, 0.3) is 0 Å². The minimum atomic E-state index is -3.46. The lowest BCUT2D eigenvalue weighted by Gasteiger charge is -2.30. The molecule has 1 unspecified atom stereocenters. The number of sulfonamides is 1. The number of carbonyl (C=O) groups is 1. The van der Waals surface area contributed by atoms with Gasteiger partial charge >= 0.3 is 5.97 Å². The molecule has 5 nitrogen and oxygen atoms in total. The zero-order valence-electron chi connectivity index (χ0n) is 11.8. The fourth-order valence-corrected chi connectivity index (χ4v) is 4.29. The van der Waals surface area contributed by atoms with Crippen molar-refractivity contribution in [1.82, 2.24) is 4.31 Å². The average Bonchev–Trinajstić information content (AvgIpc) is 2.46. The van der Waals surface area contributed by atoms with E-state index in [-0.39, 0.29) is 24.2 Å². The molecule has 0 N–H and O–H groups in total. The summed E-state index contributed by atoms with van der Waals surface area (Å²) < 4.78 is 31.0. The second-order valence-corrected chi connectivity index (χ2v) is 7.51. The molecule has 7 heteroatoms. The van der Waals surface area contributed by atoms with Crippen molar-refractivity contribution < 1.29 is 17.9 Å². The van der Waals surface area contributed by atoms with Crippen LogP contribution in [0.5, 0.6) is 0 Å². The van der Waals surface area contributed by atoms with Gasteiger partial charge in [0.15, 0.2) is 0 Å². The Morgan fingerprint density at radius 1 is 1.48 bits per heavy atom. The van der Waals surface area contributed by atoms with E-state index in [1.165, 1.54) is 11.4 Å². The Balaban J connectivity index is 2.10. The Kier molecular flexibility index (Phi) is 5.24. The van der Waals surface area contributed by atoms with Crippen LogP contribution in [0.3, 0.4) is 0 Å². The molecule has 0 spiro atoms. The summed E-state index contributed by atoms with van der Waals surface area (Å²) in [6.07, 6.45) is 1.32. The highest BCUT2D eigenvalue weighted by atomic mass is 35.5. The molecule has 1 atom stereocenters. The summed E-state index contributed by atoms with van der Waals surface area (Å²) in [6, 6.07) is 6.79. The summed E-state index contributed by atoms with van der Waals surface area (Å²) in [5.41, 5.74) is 0.641. The molecule has 0 aliphatic carbocycles. The van der Waals surface area contributed by atoms with Gasteiger partial charge < -0.3 is 4.74 Å². The van der Waals surface area contributed by atoms with Crippen molar-refractivity contribution in [3.63, 3.8) is 0 Å². The molecule has 1 fully saturated rings. The summed E-state index contributed by atoms with van der Waals surface area (Å²) in [5, 5.41) is 0.508. The molecule has 1 aromatic carbocycles. The molecule has 1 saturated heterocycles. The summed E-state index contributed by atoms with van der Waals surface area (Å²) in [4.78, 5) is 11.6. The van der Waals surface area contributed by atoms with Gasteiger partial charge in [-0.2, -0.15) is 0 Å². The third kappa shape index (κ3) is 4.18. The van der Waals surface area contributed by atoms with Crippen molar-refractivity contribution in [2.45, 2.75) is 18.6 Å². The molecule has 1 aliphatic heterocycles. The Morgan fingerprint density at radius 3 is 2.90 bits per heavy atom. The zero-order valence-corrected chi connectivity index (χ0v) is 13.4. The molecule has 0 amide bonds. The van der Waals surface area contributed by atoms with E-state index in [0.717, 1.165) is 0 Å². The van der Waals surface area contributed by atoms with Gasteiger partial charge in [0.05, 0.1) is 18.8 Å². The van der Waals surface area contributed by atoms with Crippen molar-refractivity contribution in [2.75, 3.05) is 20.2 Å². The van der Waals surface area contributed by atoms with Crippen molar-refractivity contribution in [2.24, 2.45) is 5.92 Å². The van der Waals surface area contributed by atoms with Crippen molar-refractivity contribution in [3.8, 4) is 0 Å². The average molecular weight is 332 g/mol. The van der Waals surface area contributed by atoms with Crippen LogP contribution in [0.1, 0.15) is 18.4 Å². The highest BCUT2D eigenvalue weighted by molar-refractivity contribution is 7.88. The molecule has 1 heterocycles. The van der Waals surface area contributed by atoms with Gasteiger partial charge in [-0.05, 0) is 30.5 Å². The number of hydrogen-bond donors (Lipinski definition) is 0. The first-order valence-corrected chi connectivity index (χ1v) is 8.71. The molecule has 2 rings (SSSR count). The summed E-state index contributed by atoms with van der Waals surface area (Å²) in [6.45, 7) is 0.631. The molecule has 21 heavy (non-hydrogen) atoms. The second-order valence-electron chi connectivity index (χ2n) is 5.11. The van der Waals surface area contributed by atoms with Gasteiger partial charge in [-0.1, -0.05) is 23.7 Å². The first kappa shape index (κ1) is 16.3. The lowest BCUT2D eigenvalue weighted by Crippen LogP contribution is -2.43. The van der Waals surface area contributed by atoms with E-state index in [4.69, 9.17) is 16.3 Å². The SMILES string of the molecule is COC(=O)C1CCCN(S(=O)(=O)Cc2cccc(Cl)c2)C1. The van der Waals surface area contributed by atoms with Gasteiger partial charge in [-0.25, -0.2) is 12.7 Å². The number of carbonyl (C=O) groups excluding carboxylic acids is 1. The minimum Gasteiger partial charge on any atom is -0.469 e. The molecule has 0 saturated carbocycles. The fraction of sp³-hybridized carbons (Fsp3) is 0.500. The molecule has 0 aromatic heterocycles. The van der Waals surface area contributed by atoms with Gasteiger partial charge in [0.1, 0.15) is 0 Å². The van der Waals surface area contributed by atoms with Gasteiger partial charge in [0.25, 0.3) is 0 Å². The van der Waals surface area contributed by atoms with E-state index < -0.39 is 10.0 Å². The normalized spacial score (nSPS) is 20.2. The predicted octanol–water partition coefficient (Wildman–Crippen LogP) is 2.05. The molecule has 116 valence electrons. The Labute approximate surface area is 129 Å². The first-order valence-electron chi connectivity index (χ1n) is 6.72. The Bertz CT molecular complexity index is 617. The number of piperidine rings is 1. The second kappa shape index (κ2) is 6.77. The maximum atomic E-state index is 12.5. The summed E-state index contributed by atoms with van der Waals surface area (Å²) >= 11 is 5.87. The smallest absolute Gasteiger partial charge is 0.309 e. The largest absolute Gasteiger partial charge is 0.469 e. The van der Waals surface area contributed by atoms with Crippen LogP contribution in [0.2, 0.25) is 5.02 Å². The van der Waals surface area contributed by atoms with E-state index >= 15 is 0 Å². The molecule has 0 bridgehead atoms. The van der Waals surface area contributed by atoms with Crippen LogP contribution < -0.4 is 0 Å². The number of benzene rings is 1. The van der Waals surface area contributed by atoms with Gasteiger partial charge in [0, 0.05) is 18.1 Å². The van der Waals surface area contributed by atoms with E-state index in [9.17, 15) is 13.2 Å². The molecular formula is C14H18ClNO4S. The molecule has 1 aromatic rings. The van der Waals surface area contributed by atoms with Gasteiger partial charge in [0.2, 0.25) is 10.0 Å².